The van der Waals surface area contributed by atoms with Crippen LogP contribution in [0.3, 0.4) is 0 Å². The molecule has 1 aliphatic heterocycles. The molecule has 0 aromatic heterocycles. The molecule has 1 nitrogen and oxygen atoms in total. The van der Waals surface area contributed by atoms with Crippen LogP contribution in [0.2, 0.25) is 0 Å². The Bertz CT molecular complexity index is 248. The Morgan fingerprint density at radius 1 is 0.800 bits per heavy atom. The standard InChI is InChI=1S/C18H33N.ClH/c1-2-3-4-5-6-7-8-11-14-19-15-17-12-9-10-13-18(17)16-19;/h9-10,17-18H,2-8,11-16H2,1H3;1H. The monoisotopic (exact) mass is 299 g/mol. The second-order valence-electron chi connectivity index (χ2n) is 6.70. The second-order valence-corrected chi connectivity index (χ2v) is 6.70. The van der Waals surface area contributed by atoms with E-state index in [1.807, 2.05) is 0 Å². The van der Waals surface area contributed by atoms with Crippen molar-refractivity contribution >= 4 is 12.4 Å². The van der Waals surface area contributed by atoms with Crippen molar-refractivity contribution in [3.05, 3.63) is 12.2 Å². The summed E-state index contributed by atoms with van der Waals surface area (Å²) in [6, 6.07) is 0. The van der Waals surface area contributed by atoms with Gasteiger partial charge in [-0.1, -0.05) is 64.0 Å². The maximum absolute atomic E-state index is 2.74. The Morgan fingerprint density at radius 2 is 1.30 bits per heavy atom. The van der Waals surface area contributed by atoms with Crippen LogP contribution >= 0.6 is 12.4 Å². The Balaban J connectivity index is 0.00000200. The van der Waals surface area contributed by atoms with Crippen molar-refractivity contribution in [2.75, 3.05) is 19.6 Å². The van der Waals surface area contributed by atoms with Crippen molar-refractivity contribution in [2.24, 2.45) is 11.8 Å². The summed E-state index contributed by atoms with van der Waals surface area (Å²) in [7, 11) is 0. The normalized spacial score (nSPS) is 25.4. The van der Waals surface area contributed by atoms with E-state index in [2.05, 4.69) is 24.0 Å². The molecule has 0 N–H and O–H groups in total. The molecule has 20 heavy (non-hydrogen) atoms. The number of fused-ring (bicyclic) bond motifs is 1. The highest BCUT2D eigenvalue weighted by Gasteiger charge is 2.31. The van der Waals surface area contributed by atoms with Gasteiger partial charge in [0.2, 0.25) is 0 Å². The molecule has 1 fully saturated rings. The molecule has 1 saturated heterocycles. The van der Waals surface area contributed by atoms with Crippen LogP contribution in [0.5, 0.6) is 0 Å². The first-order valence-corrected chi connectivity index (χ1v) is 8.77. The average Bonchev–Trinajstić information content (AvgIpc) is 2.84. The van der Waals surface area contributed by atoms with E-state index >= 15 is 0 Å². The van der Waals surface area contributed by atoms with E-state index in [9.17, 15) is 0 Å². The molecule has 1 aliphatic carbocycles. The molecule has 0 amide bonds. The summed E-state index contributed by atoms with van der Waals surface area (Å²) in [5.41, 5.74) is 0. The van der Waals surface area contributed by atoms with Crippen LogP contribution in [-0.4, -0.2) is 24.5 Å². The van der Waals surface area contributed by atoms with Gasteiger partial charge in [0.15, 0.2) is 0 Å². The lowest BCUT2D eigenvalue weighted by molar-refractivity contribution is 0.312. The summed E-state index contributed by atoms with van der Waals surface area (Å²) in [5, 5.41) is 0. The van der Waals surface area contributed by atoms with E-state index in [1.54, 1.807) is 0 Å². The van der Waals surface area contributed by atoms with Crippen LogP contribution in [0.25, 0.3) is 0 Å². The maximum atomic E-state index is 2.74. The lowest BCUT2D eigenvalue weighted by Gasteiger charge is -2.18. The first kappa shape index (κ1) is 18.0. The molecule has 2 aliphatic rings. The van der Waals surface area contributed by atoms with Gasteiger partial charge in [-0.25, -0.2) is 0 Å². The fraction of sp³-hybridized carbons (Fsp3) is 0.889. The number of unbranched alkanes of at least 4 members (excludes halogenated alkanes) is 7. The molecule has 0 saturated carbocycles. The number of halogens is 1. The minimum atomic E-state index is 0. The van der Waals surface area contributed by atoms with Crippen molar-refractivity contribution in [2.45, 2.75) is 71.1 Å². The topological polar surface area (TPSA) is 3.24 Å². The highest BCUT2D eigenvalue weighted by atomic mass is 35.5. The van der Waals surface area contributed by atoms with Gasteiger partial charge in [0.25, 0.3) is 0 Å². The van der Waals surface area contributed by atoms with Crippen LogP contribution < -0.4 is 0 Å². The van der Waals surface area contributed by atoms with Crippen LogP contribution in [0, 0.1) is 11.8 Å². The van der Waals surface area contributed by atoms with Crippen molar-refractivity contribution in [1.82, 2.24) is 4.90 Å². The van der Waals surface area contributed by atoms with Crippen LogP contribution in [0.1, 0.15) is 71.1 Å². The van der Waals surface area contributed by atoms with E-state index in [4.69, 9.17) is 0 Å². The van der Waals surface area contributed by atoms with Gasteiger partial charge in [0.05, 0.1) is 0 Å². The Hall–Kier alpha value is -0.0100. The number of likely N-dealkylation sites (tertiary alicyclic amines) is 1. The zero-order chi connectivity index (χ0) is 13.3. The van der Waals surface area contributed by atoms with E-state index < -0.39 is 0 Å². The number of rotatable bonds is 9. The van der Waals surface area contributed by atoms with E-state index in [-0.39, 0.29) is 12.4 Å². The predicted octanol–water partition coefficient (Wildman–Crippen LogP) is 5.45. The molecule has 2 atom stereocenters. The van der Waals surface area contributed by atoms with Gasteiger partial charge in [-0.15, -0.1) is 12.4 Å². The van der Waals surface area contributed by atoms with Gasteiger partial charge in [-0.05, 0) is 37.6 Å². The molecule has 1 heterocycles. The van der Waals surface area contributed by atoms with Gasteiger partial charge >= 0.3 is 0 Å². The first-order chi connectivity index (χ1) is 9.40. The van der Waals surface area contributed by atoms with E-state index in [0.29, 0.717) is 0 Å². The molecule has 0 spiro atoms. The van der Waals surface area contributed by atoms with Crippen LogP contribution in [-0.2, 0) is 0 Å². The van der Waals surface area contributed by atoms with Crippen molar-refractivity contribution in [1.29, 1.82) is 0 Å². The second kappa shape index (κ2) is 10.7. The third-order valence-corrected chi connectivity index (χ3v) is 5.02. The molecular weight excluding hydrogens is 266 g/mol. The van der Waals surface area contributed by atoms with Crippen LogP contribution in [0.15, 0.2) is 12.2 Å². The molecule has 0 bridgehead atoms. The van der Waals surface area contributed by atoms with Gasteiger partial charge in [0, 0.05) is 13.1 Å². The SMILES string of the molecule is CCCCCCCCCCN1CC2CC=CCC2C1.Cl. The Labute approximate surface area is 132 Å². The number of hydrogen-bond acceptors (Lipinski definition) is 1. The van der Waals surface area contributed by atoms with E-state index in [1.165, 1.54) is 83.8 Å². The van der Waals surface area contributed by atoms with Gasteiger partial charge in [0.1, 0.15) is 0 Å². The molecule has 0 aromatic rings. The third kappa shape index (κ3) is 6.18. The van der Waals surface area contributed by atoms with Gasteiger partial charge in [-0.2, -0.15) is 0 Å². The maximum Gasteiger partial charge on any atom is 0.00160 e. The summed E-state index contributed by atoms with van der Waals surface area (Å²) >= 11 is 0. The third-order valence-electron chi connectivity index (χ3n) is 5.02. The molecular formula is C18H34ClN. The Morgan fingerprint density at radius 3 is 1.85 bits per heavy atom. The summed E-state index contributed by atoms with van der Waals surface area (Å²) < 4.78 is 0. The molecule has 0 radical (unpaired) electrons. The first-order valence-electron chi connectivity index (χ1n) is 8.77. The predicted molar refractivity (Wildman–Crippen MR) is 91.7 cm³/mol. The van der Waals surface area contributed by atoms with Gasteiger partial charge < -0.3 is 4.90 Å². The fourth-order valence-corrected chi connectivity index (χ4v) is 3.76. The minimum Gasteiger partial charge on any atom is -0.303 e. The fourth-order valence-electron chi connectivity index (χ4n) is 3.76. The lowest BCUT2D eigenvalue weighted by atomic mass is 9.86. The largest absolute Gasteiger partial charge is 0.303 e. The van der Waals surface area contributed by atoms with Gasteiger partial charge in [-0.3, -0.25) is 0 Å². The lowest BCUT2D eigenvalue weighted by Crippen LogP contribution is -2.22. The molecule has 0 aromatic carbocycles. The molecule has 2 rings (SSSR count). The van der Waals surface area contributed by atoms with E-state index in [0.717, 1.165) is 11.8 Å². The summed E-state index contributed by atoms with van der Waals surface area (Å²) in [6.45, 7) is 6.42. The average molecular weight is 300 g/mol. The summed E-state index contributed by atoms with van der Waals surface area (Å²) in [4.78, 5) is 2.74. The quantitative estimate of drug-likeness (QED) is 0.404. The zero-order valence-electron chi connectivity index (χ0n) is 13.4. The molecule has 2 unspecified atom stereocenters. The molecule has 118 valence electrons. The van der Waals surface area contributed by atoms with Crippen molar-refractivity contribution in [3.8, 4) is 0 Å². The minimum absolute atomic E-state index is 0. The zero-order valence-corrected chi connectivity index (χ0v) is 14.2. The van der Waals surface area contributed by atoms with Crippen molar-refractivity contribution in [3.63, 3.8) is 0 Å². The number of hydrogen-bond donors (Lipinski definition) is 0. The number of allylic oxidation sites excluding steroid dienone is 2. The van der Waals surface area contributed by atoms with Crippen LogP contribution in [0.4, 0.5) is 0 Å². The Kier molecular flexibility index (Phi) is 9.63. The smallest absolute Gasteiger partial charge is 0.00160 e. The summed E-state index contributed by atoms with van der Waals surface area (Å²) in [5.74, 6) is 1.97. The molecule has 2 heteroatoms. The number of nitrogens with zero attached hydrogens (tertiary/aromatic N) is 1. The highest BCUT2D eigenvalue weighted by Crippen LogP contribution is 2.32. The van der Waals surface area contributed by atoms with Crippen molar-refractivity contribution < 1.29 is 0 Å². The highest BCUT2D eigenvalue weighted by molar-refractivity contribution is 5.85. The summed E-state index contributed by atoms with van der Waals surface area (Å²) in [6.07, 6.45) is 19.0.